The van der Waals surface area contributed by atoms with Crippen molar-refractivity contribution in [1.82, 2.24) is 0 Å². The molecule has 104 valence electrons. The molecule has 0 saturated heterocycles. The predicted octanol–water partition coefficient (Wildman–Crippen LogP) is 2.43. The average molecular weight is 291 g/mol. The lowest BCUT2D eigenvalue weighted by Crippen LogP contribution is -2.12. The summed E-state index contributed by atoms with van der Waals surface area (Å²) < 4.78 is 5.57. The highest BCUT2D eigenvalue weighted by Gasteiger charge is 2.13. The second-order valence-electron chi connectivity index (χ2n) is 4.15. The van der Waals surface area contributed by atoms with Gasteiger partial charge in [0.15, 0.2) is 0 Å². The Balaban J connectivity index is 2.17. The van der Waals surface area contributed by atoms with Gasteiger partial charge in [-0.2, -0.15) is 0 Å². The first-order valence-corrected chi connectivity index (χ1v) is 6.65. The van der Waals surface area contributed by atoms with Crippen LogP contribution in [0.1, 0.15) is 30.5 Å². The van der Waals surface area contributed by atoms with E-state index in [4.69, 9.17) is 15.6 Å². The maximum Gasteiger partial charge on any atom is 0.345 e. The van der Waals surface area contributed by atoms with E-state index in [9.17, 15) is 9.59 Å². The molecule has 0 saturated carbocycles. The highest BCUT2D eigenvalue weighted by atomic mass is 32.1. The molecule has 2 aromatic rings. The number of hydrogen-bond acceptors (Lipinski definition) is 4. The van der Waals surface area contributed by atoms with Gasteiger partial charge in [-0.3, -0.25) is 4.79 Å². The van der Waals surface area contributed by atoms with Gasteiger partial charge < -0.3 is 15.6 Å². The van der Waals surface area contributed by atoms with Crippen molar-refractivity contribution in [2.24, 2.45) is 5.73 Å². The third kappa shape index (κ3) is 2.97. The monoisotopic (exact) mass is 291 g/mol. The lowest BCUT2D eigenvalue weighted by molar-refractivity contribution is 0.0702. The predicted molar refractivity (Wildman–Crippen MR) is 75.3 cm³/mol. The van der Waals surface area contributed by atoms with Gasteiger partial charge in [-0.1, -0.05) is 12.1 Å². The van der Waals surface area contributed by atoms with Crippen molar-refractivity contribution in [2.45, 2.75) is 13.5 Å². The zero-order chi connectivity index (χ0) is 14.7. The van der Waals surface area contributed by atoms with E-state index in [1.165, 1.54) is 11.3 Å². The molecule has 0 atom stereocenters. The molecule has 0 unspecified atom stereocenters. The van der Waals surface area contributed by atoms with Crippen LogP contribution < -0.4 is 10.5 Å². The van der Waals surface area contributed by atoms with Crippen LogP contribution in [0.15, 0.2) is 30.3 Å². The van der Waals surface area contributed by atoms with Crippen LogP contribution in [0.3, 0.4) is 0 Å². The minimum absolute atomic E-state index is 0.194. The van der Waals surface area contributed by atoms with Crippen molar-refractivity contribution >= 4 is 23.2 Å². The molecule has 0 aliphatic heterocycles. The van der Waals surface area contributed by atoms with E-state index in [1.807, 2.05) is 6.92 Å². The summed E-state index contributed by atoms with van der Waals surface area (Å²) in [5, 5.41) is 8.93. The Morgan fingerprint density at radius 3 is 2.65 bits per heavy atom. The number of hydrogen-bond donors (Lipinski definition) is 2. The summed E-state index contributed by atoms with van der Waals surface area (Å²) in [5.41, 5.74) is 6.35. The molecular weight excluding hydrogens is 278 g/mol. The number of carboxylic acid groups (broad SMARTS) is 1. The van der Waals surface area contributed by atoms with Crippen molar-refractivity contribution < 1.29 is 19.4 Å². The fraction of sp³-hybridized carbons (Fsp3) is 0.143. The van der Waals surface area contributed by atoms with Gasteiger partial charge >= 0.3 is 5.97 Å². The Bertz CT molecular complexity index is 663. The Hall–Kier alpha value is -2.34. The fourth-order valence-corrected chi connectivity index (χ4v) is 2.59. The van der Waals surface area contributed by atoms with Gasteiger partial charge in [0.2, 0.25) is 0 Å². The molecule has 2 rings (SSSR count). The van der Waals surface area contributed by atoms with Gasteiger partial charge in [0, 0.05) is 10.4 Å². The zero-order valence-electron chi connectivity index (χ0n) is 10.8. The summed E-state index contributed by atoms with van der Waals surface area (Å²) in [6.45, 7) is 2.02. The van der Waals surface area contributed by atoms with Crippen LogP contribution in [0.25, 0.3) is 0 Å². The van der Waals surface area contributed by atoms with Gasteiger partial charge in [-0.05, 0) is 25.1 Å². The van der Waals surface area contributed by atoms with E-state index >= 15 is 0 Å². The third-order valence-electron chi connectivity index (χ3n) is 2.77. The van der Waals surface area contributed by atoms with E-state index in [0.29, 0.717) is 11.3 Å². The Morgan fingerprint density at radius 2 is 2.05 bits per heavy atom. The van der Waals surface area contributed by atoms with Gasteiger partial charge in [-0.25, -0.2) is 4.79 Å². The number of primary amides is 1. The summed E-state index contributed by atoms with van der Waals surface area (Å²) in [6.07, 6.45) is 0. The second-order valence-corrected chi connectivity index (χ2v) is 5.40. The summed E-state index contributed by atoms with van der Waals surface area (Å²) in [5.74, 6) is -1.13. The maximum atomic E-state index is 11.3. The first-order valence-electron chi connectivity index (χ1n) is 5.83. The molecule has 0 spiro atoms. The number of nitrogens with two attached hydrogens (primary N) is 1. The number of carboxylic acids is 1. The second kappa shape index (κ2) is 5.75. The topological polar surface area (TPSA) is 89.6 Å². The molecular formula is C14H13NO4S. The fourth-order valence-electron chi connectivity index (χ4n) is 1.72. The van der Waals surface area contributed by atoms with Crippen molar-refractivity contribution in [3.05, 3.63) is 51.2 Å². The highest BCUT2D eigenvalue weighted by Crippen LogP contribution is 2.24. The van der Waals surface area contributed by atoms with E-state index in [2.05, 4.69) is 0 Å². The smallest absolute Gasteiger partial charge is 0.345 e. The van der Waals surface area contributed by atoms with Gasteiger partial charge in [-0.15, -0.1) is 11.3 Å². The van der Waals surface area contributed by atoms with Crippen LogP contribution in [-0.2, 0) is 6.61 Å². The number of carbonyl (C=O) groups is 2. The molecule has 20 heavy (non-hydrogen) atoms. The van der Waals surface area contributed by atoms with Crippen LogP contribution in [0.5, 0.6) is 5.75 Å². The van der Waals surface area contributed by atoms with Gasteiger partial charge in [0.1, 0.15) is 17.2 Å². The first-order chi connectivity index (χ1) is 9.49. The van der Waals surface area contributed by atoms with Crippen LogP contribution in [0, 0.1) is 6.92 Å². The number of rotatable bonds is 5. The van der Waals surface area contributed by atoms with Crippen molar-refractivity contribution in [3.63, 3.8) is 0 Å². The summed E-state index contributed by atoms with van der Waals surface area (Å²) in [4.78, 5) is 23.3. The summed E-state index contributed by atoms with van der Waals surface area (Å²) in [6, 6.07) is 8.26. The van der Waals surface area contributed by atoms with E-state index in [0.717, 1.165) is 10.4 Å². The third-order valence-corrected chi connectivity index (χ3v) is 3.85. The number of para-hydroxylation sites is 1. The summed E-state index contributed by atoms with van der Waals surface area (Å²) in [7, 11) is 0. The molecule has 0 aliphatic carbocycles. The quantitative estimate of drug-likeness (QED) is 0.885. The van der Waals surface area contributed by atoms with Crippen LogP contribution in [-0.4, -0.2) is 17.0 Å². The number of aromatic carboxylic acids is 1. The van der Waals surface area contributed by atoms with E-state index in [-0.39, 0.29) is 11.5 Å². The summed E-state index contributed by atoms with van der Waals surface area (Å²) >= 11 is 1.20. The van der Waals surface area contributed by atoms with Crippen molar-refractivity contribution in [1.29, 1.82) is 0 Å². The Kier molecular flexibility index (Phi) is 4.05. The number of thiophene rings is 1. The molecule has 5 nitrogen and oxygen atoms in total. The van der Waals surface area contributed by atoms with Crippen molar-refractivity contribution in [3.8, 4) is 5.75 Å². The number of carbonyl (C=O) groups excluding carboxylic acids is 1. The molecule has 1 heterocycles. The molecule has 1 aromatic carbocycles. The molecule has 1 aromatic heterocycles. The van der Waals surface area contributed by atoms with Gasteiger partial charge in [0.05, 0.1) is 5.56 Å². The standard InChI is InChI=1S/C14H13NO4S/c1-8-9(6-12(20-8)14(17)18)7-19-11-5-3-2-4-10(11)13(15)16/h2-6H,7H2,1H3,(H2,15,16)(H,17,18). The molecule has 0 aliphatic rings. The zero-order valence-corrected chi connectivity index (χ0v) is 11.6. The van der Waals surface area contributed by atoms with Crippen LogP contribution in [0.4, 0.5) is 0 Å². The maximum absolute atomic E-state index is 11.3. The molecule has 3 N–H and O–H groups in total. The van der Waals surface area contributed by atoms with Crippen LogP contribution in [0.2, 0.25) is 0 Å². The first kappa shape index (κ1) is 14.1. The number of benzene rings is 1. The Labute approximate surface area is 119 Å². The Morgan fingerprint density at radius 1 is 1.35 bits per heavy atom. The van der Waals surface area contributed by atoms with Crippen molar-refractivity contribution in [2.75, 3.05) is 0 Å². The number of ether oxygens (including phenoxy) is 1. The number of aryl methyl sites for hydroxylation is 1. The van der Waals surface area contributed by atoms with Crippen LogP contribution >= 0.6 is 11.3 Å². The normalized spacial score (nSPS) is 10.2. The average Bonchev–Trinajstić information content (AvgIpc) is 2.78. The molecule has 0 bridgehead atoms. The highest BCUT2D eigenvalue weighted by molar-refractivity contribution is 7.14. The SMILES string of the molecule is Cc1sc(C(=O)O)cc1COc1ccccc1C(N)=O. The lowest BCUT2D eigenvalue weighted by Gasteiger charge is -2.08. The molecule has 0 radical (unpaired) electrons. The molecule has 1 amide bonds. The van der Waals surface area contributed by atoms with E-state index < -0.39 is 11.9 Å². The van der Waals surface area contributed by atoms with Gasteiger partial charge in [0.25, 0.3) is 5.91 Å². The minimum Gasteiger partial charge on any atom is -0.488 e. The largest absolute Gasteiger partial charge is 0.488 e. The molecule has 0 fully saturated rings. The van der Waals surface area contributed by atoms with E-state index in [1.54, 1.807) is 30.3 Å². The minimum atomic E-state index is -0.957. The lowest BCUT2D eigenvalue weighted by atomic mass is 10.2. The number of amides is 1. The molecule has 6 heteroatoms.